The molecule has 0 aromatic heterocycles. The van der Waals surface area contributed by atoms with E-state index in [0.717, 1.165) is 5.56 Å². The molecule has 0 N–H and O–H groups in total. The van der Waals surface area contributed by atoms with Gasteiger partial charge in [-0.3, -0.25) is 4.79 Å². The van der Waals surface area contributed by atoms with Crippen molar-refractivity contribution in [1.82, 2.24) is 0 Å². The van der Waals surface area contributed by atoms with E-state index in [1.807, 2.05) is 0 Å². The van der Waals surface area contributed by atoms with Gasteiger partial charge in [-0.1, -0.05) is 66.7 Å². The number of halogens is 10. The van der Waals surface area contributed by atoms with Gasteiger partial charge in [0, 0.05) is 37.0 Å². The fourth-order valence-corrected chi connectivity index (χ4v) is 6.28. The van der Waals surface area contributed by atoms with Crippen molar-refractivity contribution in [1.29, 1.82) is 0 Å². The predicted molar refractivity (Wildman–Crippen MR) is 239 cm³/mol. The molecule has 0 saturated heterocycles. The van der Waals surface area contributed by atoms with Crippen LogP contribution < -0.4 is 14.2 Å². The fraction of sp³-hybridized carbons (Fsp3) is 0.269. The molecule has 0 aliphatic rings. The van der Waals surface area contributed by atoms with Gasteiger partial charge < -0.3 is 23.7 Å². The van der Waals surface area contributed by atoms with Crippen molar-refractivity contribution >= 4 is 35.8 Å². The Labute approximate surface area is 400 Å². The summed E-state index contributed by atoms with van der Waals surface area (Å²) in [5.74, 6) is -12.0. The van der Waals surface area contributed by atoms with E-state index < -0.39 is 80.3 Å². The third kappa shape index (κ3) is 17.5. The zero-order valence-corrected chi connectivity index (χ0v) is 37.3. The Kier molecular flexibility index (Phi) is 19.1. The third-order valence-electron chi connectivity index (χ3n) is 10.3. The van der Waals surface area contributed by atoms with E-state index in [-0.39, 0.29) is 54.8 Å². The quantitative estimate of drug-likeness (QED) is 0.0149. The molecule has 0 saturated carbocycles. The number of ketones is 1. The zero-order chi connectivity index (χ0) is 51.7. The highest BCUT2D eigenvalue weighted by Gasteiger charge is 2.57. The van der Waals surface area contributed by atoms with Crippen LogP contribution in [0.3, 0.4) is 0 Å². The lowest BCUT2D eigenvalue weighted by atomic mass is 10.0. The monoisotopic (exact) mass is 1000 g/mol. The van der Waals surface area contributed by atoms with Crippen LogP contribution in [0.4, 0.5) is 43.9 Å². The van der Waals surface area contributed by atoms with Crippen molar-refractivity contribution < 1.29 is 86.8 Å². The molecule has 0 amide bonds. The van der Waals surface area contributed by atoms with Crippen LogP contribution in [0.15, 0.2) is 140 Å². The zero-order valence-electron chi connectivity index (χ0n) is 37.3. The van der Waals surface area contributed by atoms with Crippen molar-refractivity contribution in [2.75, 3.05) is 26.4 Å². The predicted octanol–water partition coefficient (Wildman–Crippen LogP) is 12.6. The van der Waals surface area contributed by atoms with E-state index in [2.05, 4.69) is 0 Å². The molecule has 1 unspecified atom stereocenters. The van der Waals surface area contributed by atoms with Crippen LogP contribution in [0.2, 0.25) is 0 Å². The molecule has 5 aromatic rings. The van der Waals surface area contributed by atoms with Gasteiger partial charge in [0.15, 0.2) is 5.78 Å². The summed E-state index contributed by atoms with van der Waals surface area (Å²) in [6, 6.07) is 32.9. The minimum absolute atomic E-state index is 0.0245. The van der Waals surface area contributed by atoms with Crippen molar-refractivity contribution in [2.24, 2.45) is 0 Å². The van der Waals surface area contributed by atoms with Crippen molar-refractivity contribution in [3.05, 3.63) is 173 Å². The third-order valence-corrected chi connectivity index (χ3v) is 10.3. The number of alkyl halides is 10. The molecule has 9 nitrogen and oxygen atoms in total. The summed E-state index contributed by atoms with van der Waals surface area (Å²) < 4.78 is 153. The minimum Gasteiger partial charge on any atom is -0.494 e. The maximum atomic E-state index is 13.1. The minimum atomic E-state index is -5.64. The maximum Gasteiger partial charge on any atom is 0.453 e. The summed E-state index contributed by atoms with van der Waals surface area (Å²) in [6.45, 7) is -1.03. The largest absolute Gasteiger partial charge is 0.494 e. The van der Waals surface area contributed by atoms with Crippen LogP contribution in [0.1, 0.15) is 74.6 Å². The van der Waals surface area contributed by atoms with E-state index in [9.17, 15) is 63.1 Å². The summed E-state index contributed by atoms with van der Waals surface area (Å²) in [5.41, 5.74) is 3.02. The topological polar surface area (TPSA) is 114 Å². The Balaban J connectivity index is 1.03. The number of carbonyl (C=O) groups is 4. The molecule has 376 valence electrons. The SMILES string of the molecule is O=C(/C=C/c1ccc(CC(=O)c2ccc(OCCCC(F)(F)C(F)(F)F)cc2)cc1)OCC(COC(=O)/C=C/c1ccc(OC(=O)c2ccc(OCCCC(F)(F)C(F)(F)F)cc2)cc1)c1ccccc1. The number of hydrogen-bond acceptors (Lipinski definition) is 9. The van der Waals surface area contributed by atoms with E-state index in [1.165, 1.54) is 85.0 Å². The second-order valence-electron chi connectivity index (χ2n) is 15.7. The van der Waals surface area contributed by atoms with Gasteiger partial charge in [-0.25, -0.2) is 14.4 Å². The van der Waals surface area contributed by atoms with Gasteiger partial charge in [0.05, 0.1) is 24.7 Å². The van der Waals surface area contributed by atoms with Gasteiger partial charge >= 0.3 is 42.1 Å². The van der Waals surface area contributed by atoms with Crippen molar-refractivity contribution in [2.45, 2.75) is 62.2 Å². The van der Waals surface area contributed by atoms with Crippen LogP contribution in [0.5, 0.6) is 17.2 Å². The Morgan fingerprint density at radius 2 is 0.915 bits per heavy atom. The van der Waals surface area contributed by atoms with Crippen LogP contribution in [-0.4, -0.2) is 74.3 Å². The van der Waals surface area contributed by atoms with Gasteiger partial charge in [0.1, 0.15) is 30.5 Å². The smallest absolute Gasteiger partial charge is 0.453 e. The lowest BCUT2D eigenvalue weighted by Crippen LogP contribution is -2.36. The molecule has 0 spiro atoms. The Bertz CT molecular complexity index is 2410. The number of hydrogen-bond donors (Lipinski definition) is 0. The number of benzene rings is 5. The standard InChI is InChI=1S/C52H44F10O9/c53-49(54,51(57,58)59)28-4-30-67-42-22-16-39(17-23-42)45(63)32-37-10-8-35(9-11-37)14-26-46(64)69-33-41(38-6-2-1-3-7-38)34-70-47(65)27-15-36-12-20-44(21-13-36)71-48(66)40-18-24-43(25-19-40)68-31-5-29-50(55,56)52(60,61)62/h1-3,6-27,41H,4-5,28-34H2/b26-14+,27-15+. The highest BCUT2D eigenvalue weighted by molar-refractivity contribution is 5.97. The normalized spacial score (nSPS) is 12.6. The molecule has 0 heterocycles. The second-order valence-corrected chi connectivity index (χ2v) is 15.7. The van der Waals surface area contributed by atoms with Gasteiger partial charge in [-0.2, -0.15) is 43.9 Å². The molecule has 0 radical (unpaired) electrons. The Morgan fingerprint density at radius 3 is 1.37 bits per heavy atom. The van der Waals surface area contributed by atoms with Gasteiger partial charge in [-0.15, -0.1) is 0 Å². The van der Waals surface area contributed by atoms with Crippen LogP contribution in [0, 0.1) is 0 Å². The average molecular weight is 1000 g/mol. The first-order valence-corrected chi connectivity index (χ1v) is 21.6. The van der Waals surface area contributed by atoms with Crippen molar-refractivity contribution in [3.8, 4) is 17.2 Å². The molecule has 5 aromatic carbocycles. The maximum absolute atomic E-state index is 13.1. The fourth-order valence-electron chi connectivity index (χ4n) is 6.28. The number of Topliss-reactive ketones (excluding diaryl/α,β-unsaturated/α-hetero) is 1. The Morgan fingerprint density at radius 1 is 0.493 bits per heavy atom. The molecule has 5 rings (SSSR count). The summed E-state index contributed by atoms with van der Waals surface area (Å²) in [4.78, 5) is 50.9. The number of rotatable bonds is 24. The molecule has 0 aliphatic carbocycles. The molecular formula is C52H44F10O9. The first-order chi connectivity index (χ1) is 33.6. The number of esters is 3. The molecule has 0 aliphatic heterocycles. The molecule has 0 bridgehead atoms. The summed E-state index contributed by atoms with van der Waals surface area (Å²) in [7, 11) is 0. The van der Waals surface area contributed by atoms with Gasteiger partial charge in [-0.05, 0) is 108 Å². The van der Waals surface area contributed by atoms with Gasteiger partial charge in [0.25, 0.3) is 0 Å². The van der Waals surface area contributed by atoms with Gasteiger partial charge in [0.2, 0.25) is 0 Å². The van der Waals surface area contributed by atoms with E-state index in [1.54, 1.807) is 66.7 Å². The van der Waals surface area contributed by atoms with Crippen LogP contribution in [-0.2, 0) is 25.5 Å². The first kappa shape index (κ1) is 54.5. The Hall–Kier alpha value is -7.44. The molecule has 71 heavy (non-hydrogen) atoms. The number of carbonyl (C=O) groups excluding carboxylic acids is 4. The average Bonchev–Trinajstić information content (AvgIpc) is 3.33. The highest BCUT2D eigenvalue weighted by atomic mass is 19.4. The lowest BCUT2D eigenvalue weighted by molar-refractivity contribution is -0.284. The molecule has 19 heteroatoms. The van der Waals surface area contributed by atoms with Crippen LogP contribution in [0.25, 0.3) is 12.2 Å². The second kappa shape index (κ2) is 24.9. The summed E-state index contributed by atoms with van der Waals surface area (Å²) in [5, 5.41) is 0. The molecular weight excluding hydrogens is 959 g/mol. The lowest BCUT2D eigenvalue weighted by Gasteiger charge is -2.19. The van der Waals surface area contributed by atoms with E-state index in [0.29, 0.717) is 22.3 Å². The van der Waals surface area contributed by atoms with E-state index >= 15 is 0 Å². The van der Waals surface area contributed by atoms with Crippen molar-refractivity contribution in [3.63, 3.8) is 0 Å². The van der Waals surface area contributed by atoms with E-state index in [4.69, 9.17) is 23.7 Å². The molecule has 0 fully saturated rings. The highest BCUT2D eigenvalue weighted by Crippen LogP contribution is 2.40. The summed E-state index contributed by atoms with van der Waals surface area (Å²) >= 11 is 0. The summed E-state index contributed by atoms with van der Waals surface area (Å²) in [6.07, 6.45) is -9.77. The van der Waals surface area contributed by atoms with Crippen LogP contribution >= 0.6 is 0 Å². The number of ether oxygens (including phenoxy) is 5. The molecule has 1 atom stereocenters. The first-order valence-electron chi connectivity index (χ1n) is 21.6.